The van der Waals surface area contributed by atoms with Crippen LogP contribution in [0.25, 0.3) is 27.5 Å². The first-order valence-corrected chi connectivity index (χ1v) is 18.6. The van der Waals surface area contributed by atoms with Crippen molar-refractivity contribution in [3.05, 3.63) is 117 Å². The van der Waals surface area contributed by atoms with E-state index in [9.17, 15) is 22.4 Å². The smallest absolute Gasteiger partial charge is 0.418 e. The number of para-hydroxylation sites is 1. The maximum absolute atomic E-state index is 14.9. The highest BCUT2D eigenvalue weighted by Gasteiger charge is 2.42. The van der Waals surface area contributed by atoms with Gasteiger partial charge in [0.2, 0.25) is 0 Å². The molecular weight excluding hydrogens is 752 g/mol. The van der Waals surface area contributed by atoms with Crippen molar-refractivity contribution in [3.63, 3.8) is 0 Å². The summed E-state index contributed by atoms with van der Waals surface area (Å²) in [6.45, 7) is 6.47. The fourth-order valence-electron chi connectivity index (χ4n) is 7.66. The number of halogens is 5. The number of rotatable bonds is 8. The van der Waals surface area contributed by atoms with Crippen molar-refractivity contribution in [1.82, 2.24) is 24.6 Å². The number of hydrogen-bond donors (Lipinski definition) is 2. The summed E-state index contributed by atoms with van der Waals surface area (Å²) >= 11 is 5.99. The number of carbonyl (C=O) groups is 1. The Hall–Kier alpha value is -5.44. The fraction of sp³-hybridized carbons (Fsp3) is 0.293. The van der Waals surface area contributed by atoms with Gasteiger partial charge in [-0.3, -0.25) is 14.8 Å². The van der Waals surface area contributed by atoms with E-state index in [1.165, 1.54) is 12.1 Å². The summed E-state index contributed by atoms with van der Waals surface area (Å²) in [6.07, 6.45) is -0.834. The molecule has 2 N–H and O–H groups in total. The van der Waals surface area contributed by atoms with Crippen LogP contribution in [-0.2, 0) is 29.8 Å². The number of carbonyl (C=O) groups excluding carboxylic acids is 1. The Kier molecular flexibility index (Phi) is 8.82. The van der Waals surface area contributed by atoms with Gasteiger partial charge < -0.3 is 24.1 Å². The molecule has 3 aliphatic heterocycles. The van der Waals surface area contributed by atoms with Gasteiger partial charge in [0, 0.05) is 59.5 Å². The van der Waals surface area contributed by atoms with E-state index in [4.69, 9.17) is 30.8 Å². The number of alkyl halides is 3. The van der Waals surface area contributed by atoms with Gasteiger partial charge in [0.1, 0.15) is 17.2 Å². The number of aryl methyl sites for hydroxylation is 1. The van der Waals surface area contributed by atoms with E-state index in [1.807, 2.05) is 24.3 Å². The summed E-state index contributed by atoms with van der Waals surface area (Å²) in [7, 11) is 0. The van der Waals surface area contributed by atoms with Crippen molar-refractivity contribution in [1.29, 1.82) is 0 Å². The molecule has 0 aliphatic carbocycles. The highest BCUT2D eigenvalue weighted by atomic mass is 35.5. The van der Waals surface area contributed by atoms with Gasteiger partial charge in [0.05, 0.1) is 41.4 Å². The second kappa shape index (κ2) is 13.6. The number of ether oxygens (including phenoxy) is 3. The van der Waals surface area contributed by atoms with Crippen molar-refractivity contribution in [2.24, 2.45) is 0 Å². The van der Waals surface area contributed by atoms with E-state index in [0.717, 1.165) is 41.5 Å². The Morgan fingerprint density at radius 1 is 1.11 bits per heavy atom. The standard InChI is InChI=1S/C41H35ClF4N6O4/c1-22-29-18-26(19-31(41(44,45)46)37(29)50-49-22)47-39(53)24-6-9-34-33(16-24)48-36(52(34)20-27-12-15-54-27)21-51-13-10-23(11-14-51)28-4-3-5-35-38(28)56-40(2,55-35)30-8-7-25(42)17-32(30)43/h3-10,16-19,27H,11-15,20-21H2,1-2H3,(H,47,53)(H,49,50)/t27-,40-/m0/s1. The molecule has 10 nitrogen and oxygen atoms in total. The van der Waals surface area contributed by atoms with Crippen molar-refractivity contribution in [3.8, 4) is 11.5 Å². The third-order valence-electron chi connectivity index (χ3n) is 10.7. The van der Waals surface area contributed by atoms with Crippen molar-refractivity contribution < 1.29 is 36.6 Å². The van der Waals surface area contributed by atoms with E-state index in [2.05, 4.69) is 31.1 Å². The highest BCUT2D eigenvalue weighted by Crippen LogP contribution is 2.49. The number of fused-ring (bicyclic) bond motifs is 3. The van der Waals surface area contributed by atoms with Crippen LogP contribution in [0.3, 0.4) is 0 Å². The molecular formula is C41H35ClF4N6O4. The van der Waals surface area contributed by atoms with Gasteiger partial charge in [-0.2, -0.15) is 18.3 Å². The molecule has 0 bridgehead atoms. The Morgan fingerprint density at radius 2 is 1.95 bits per heavy atom. The molecule has 0 unspecified atom stereocenters. The summed E-state index contributed by atoms with van der Waals surface area (Å²) in [5.41, 5.74) is 3.22. The van der Waals surface area contributed by atoms with Gasteiger partial charge in [-0.05, 0) is 79.9 Å². The average Bonchev–Trinajstić information content (AvgIpc) is 3.80. The van der Waals surface area contributed by atoms with Crippen LogP contribution in [0.4, 0.5) is 23.2 Å². The zero-order valence-corrected chi connectivity index (χ0v) is 31.0. The van der Waals surface area contributed by atoms with Gasteiger partial charge >= 0.3 is 6.18 Å². The second-order valence-corrected chi connectivity index (χ2v) is 14.9. The molecule has 5 heterocycles. The molecule has 9 rings (SSSR count). The Morgan fingerprint density at radius 3 is 2.68 bits per heavy atom. The molecule has 1 saturated heterocycles. The lowest BCUT2D eigenvalue weighted by Gasteiger charge is -2.29. The first kappa shape index (κ1) is 36.2. The zero-order chi connectivity index (χ0) is 38.9. The normalized spacial score (nSPS) is 19.7. The number of nitrogens with zero attached hydrogens (tertiary/aromatic N) is 4. The molecule has 0 saturated carbocycles. The molecule has 4 aromatic carbocycles. The SMILES string of the molecule is Cc1[nH]nc2c(C(F)(F)F)cc(NC(=O)c3ccc4c(c3)nc(CN3CC=C(c5cccc6c5O[C@@](C)(c5ccc(Cl)cc5F)O6)CC3)n4C[C@@H]3CCO3)cc12. The molecule has 15 heteroatoms. The molecule has 2 aromatic heterocycles. The summed E-state index contributed by atoms with van der Waals surface area (Å²) in [5.74, 6) is -0.542. The highest BCUT2D eigenvalue weighted by molar-refractivity contribution is 6.30. The molecule has 3 aliphatic rings. The minimum atomic E-state index is -4.66. The van der Waals surface area contributed by atoms with Crippen molar-refractivity contribution in [2.75, 3.05) is 25.0 Å². The number of benzene rings is 4. The lowest BCUT2D eigenvalue weighted by Crippen LogP contribution is -2.33. The lowest BCUT2D eigenvalue weighted by molar-refractivity contribution is -0.136. The average molecular weight is 787 g/mol. The van der Waals surface area contributed by atoms with E-state index in [-0.39, 0.29) is 38.8 Å². The van der Waals surface area contributed by atoms with Gasteiger partial charge in [-0.1, -0.05) is 29.8 Å². The Balaban J connectivity index is 0.947. The van der Waals surface area contributed by atoms with Crippen LogP contribution in [0.5, 0.6) is 11.5 Å². The zero-order valence-electron chi connectivity index (χ0n) is 30.3. The largest absolute Gasteiger partial charge is 0.444 e. The molecule has 288 valence electrons. The summed E-state index contributed by atoms with van der Waals surface area (Å²) < 4.78 is 77.0. The van der Waals surface area contributed by atoms with E-state index >= 15 is 0 Å². The fourth-order valence-corrected chi connectivity index (χ4v) is 7.82. The first-order chi connectivity index (χ1) is 26.8. The summed E-state index contributed by atoms with van der Waals surface area (Å²) in [4.78, 5) is 20.7. The van der Waals surface area contributed by atoms with E-state index in [1.54, 1.807) is 38.1 Å². The predicted octanol–water partition coefficient (Wildman–Crippen LogP) is 9.01. The number of aromatic nitrogens is 4. The quantitative estimate of drug-likeness (QED) is 0.148. The third kappa shape index (κ3) is 6.54. The van der Waals surface area contributed by atoms with Crippen molar-refractivity contribution >= 4 is 50.7 Å². The number of imidazole rings is 1. The third-order valence-corrected chi connectivity index (χ3v) is 10.9. The van der Waals surface area contributed by atoms with Crippen LogP contribution in [0.15, 0.2) is 72.8 Å². The van der Waals surface area contributed by atoms with E-state index < -0.39 is 29.3 Å². The molecule has 6 aromatic rings. The summed E-state index contributed by atoms with van der Waals surface area (Å²) in [5, 5.41) is 9.62. The molecule has 2 atom stereocenters. The topological polar surface area (TPSA) is 107 Å². The van der Waals surface area contributed by atoms with E-state index in [0.29, 0.717) is 55.4 Å². The number of nitrogens with one attached hydrogen (secondary N) is 2. The Labute approximate surface area is 323 Å². The maximum atomic E-state index is 14.9. The lowest BCUT2D eigenvalue weighted by atomic mass is 9.98. The number of H-pyrrole nitrogens is 1. The molecule has 0 radical (unpaired) electrons. The minimum Gasteiger partial charge on any atom is -0.444 e. The van der Waals surface area contributed by atoms with Crippen molar-refractivity contribution in [2.45, 2.75) is 57.8 Å². The number of amides is 1. The second-order valence-electron chi connectivity index (χ2n) is 14.5. The van der Waals surface area contributed by atoms with Crippen LogP contribution in [0.2, 0.25) is 5.02 Å². The van der Waals surface area contributed by atoms with Crippen LogP contribution >= 0.6 is 11.6 Å². The first-order valence-electron chi connectivity index (χ1n) is 18.2. The predicted molar refractivity (Wildman–Crippen MR) is 202 cm³/mol. The maximum Gasteiger partial charge on any atom is 0.418 e. The van der Waals surface area contributed by atoms with Crippen LogP contribution in [0, 0.1) is 12.7 Å². The van der Waals surface area contributed by atoms with Crippen LogP contribution < -0.4 is 14.8 Å². The minimum absolute atomic E-state index is 0.00862. The molecule has 0 spiro atoms. The van der Waals surface area contributed by atoms with Gasteiger partial charge in [0.15, 0.2) is 11.5 Å². The van der Waals surface area contributed by atoms with Gasteiger partial charge in [0.25, 0.3) is 11.7 Å². The molecule has 1 amide bonds. The van der Waals surface area contributed by atoms with Gasteiger partial charge in [-0.25, -0.2) is 9.37 Å². The van der Waals surface area contributed by atoms with Gasteiger partial charge in [-0.15, -0.1) is 0 Å². The monoisotopic (exact) mass is 786 g/mol. The summed E-state index contributed by atoms with van der Waals surface area (Å²) in [6, 6.07) is 17.6. The number of anilines is 1. The van der Waals surface area contributed by atoms with Crippen LogP contribution in [0.1, 0.15) is 58.3 Å². The number of aromatic amines is 1. The number of hydrogen-bond acceptors (Lipinski definition) is 7. The molecule has 1 fully saturated rings. The van der Waals surface area contributed by atoms with Crippen LogP contribution in [-0.4, -0.2) is 56.4 Å². The Bertz CT molecular complexity index is 2580. The molecule has 56 heavy (non-hydrogen) atoms.